The van der Waals surface area contributed by atoms with Gasteiger partial charge in [-0.25, -0.2) is 8.78 Å². The Labute approximate surface area is 185 Å². The van der Waals surface area contributed by atoms with Gasteiger partial charge in [0.1, 0.15) is 17.9 Å². The first kappa shape index (κ1) is 20.7. The minimum atomic E-state index is -0.987. The second-order valence-corrected chi connectivity index (χ2v) is 8.59. The number of hydrogen-bond donors (Lipinski definition) is 0. The van der Waals surface area contributed by atoms with Crippen LogP contribution in [0.4, 0.5) is 8.78 Å². The third-order valence-electron chi connectivity index (χ3n) is 6.75. The number of carbonyl (C=O) groups excluding carboxylic acids is 2. The summed E-state index contributed by atoms with van der Waals surface area (Å²) in [5, 5.41) is 0. The van der Waals surface area contributed by atoms with E-state index in [0.717, 1.165) is 6.07 Å². The monoisotopic (exact) mass is 436 g/mol. The van der Waals surface area contributed by atoms with E-state index in [-0.39, 0.29) is 11.8 Å². The minimum Gasteiger partial charge on any atom is -0.342 e. The number of terminal acetylenes is 1. The molecule has 0 aromatic heterocycles. The van der Waals surface area contributed by atoms with E-state index in [1.165, 1.54) is 12.1 Å². The zero-order valence-corrected chi connectivity index (χ0v) is 17.4. The number of fused-ring (bicyclic) bond motifs is 1. The Morgan fingerprint density at radius 2 is 1.72 bits per heavy atom. The number of rotatable bonds is 2. The van der Waals surface area contributed by atoms with Crippen molar-refractivity contribution in [3.8, 4) is 12.3 Å². The molecule has 2 aromatic carbocycles. The normalized spacial score (nSPS) is 24.0. The number of nitrogens with zero attached hydrogens (tertiary/aromatic N) is 2. The summed E-state index contributed by atoms with van der Waals surface area (Å²) in [4.78, 5) is 29.6. The number of hydrogen-bond acceptors (Lipinski definition) is 3. The largest absolute Gasteiger partial charge is 0.342 e. The Hall–Kier alpha value is -3.24. The minimum absolute atomic E-state index is 0.109. The molecule has 3 heterocycles. The van der Waals surface area contributed by atoms with Gasteiger partial charge in [0, 0.05) is 43.1 Å². The molecule has 2 amide bonds. The van der Waals surface area contributed by atoms with Crippen LogP contribution in [0.1, 0.15) is 53.2 Å². The van der Waals surface area contributed by atoms with Crippen LogP contribution in [0.2, 0.25) is 0 Å². The lowest BCUT2D eigenvalue weighted by Crippen LogP contribution is -2.51. The summed E-state index contributed by atoms with van der Waals surface area (Å²) in [6.45, 7) is 0.780. The Kier molecular flexibility index (Phi) is 4.98. The Balaban J connectivity index is 1.30. The van der Waals surface area contributed by atoms with Crippen molar-refractivity contribution in [3.05, 3.63) is 70.8 Å². The highest BCUT2D eigenvalue weighted by atomic mass is 19.1. The van der Waals surface area contributed by atoms with E-state index in [4.69, 9.17) is 11.2 Å². The second-order valence-electron chi connectivity index (χ2n) is 8.59. The molecule has 164 valence electrons. The smallest absolute Gasteiger partial charge is 0.257 e. The van der Waals surface area contributed by atoms with Crippen LogP contribution in [0.25, 0.3) is 0 Å². The van der Waals surface area contributed by atoms with E-state index >= 15 is 0 Å². The Morgan fingerprint density at radius 3 is 2.34 bits per heavy atom. The summed E-state index contributed by atoms with van der Waals surface area (Å²) in [5.74, 6) is 0.946. The molecular weight excluding hydrogens is 414 g/mol. The quantitative estimate of drug-likeness (QED) is 0.676. The predicted molar refractivity (Wildman–Crippen MR) is 112 cm³/mol. The highest BCUT2D eigenvalue weighted by molar-refractivity contribution is 5.95. The standard InChI is InChI=1S/C25H22F2N2O3/c1-2-16-3-5-17(6-4-16)23(30)28-11-9-25(10-12-28)24(31)29-21(7-8-22(29)32-25)18-13-19(26)15-20(27)14-18/h1,3-6,13-15,21-22H,7-12H2. The van der Waals surface area contributed by atoms with Gasteiger partial charge in [-0.05, 0) is 54.8 Å². The van der Waals surface area contributed by atoms with Gasteiger partial charge in [-0.15, -0.1) is 6.42 Å². The van der Waals surface area contributed by atoms with Gasteiger partial charge in [-0.3, -0.25) is 9.59 Å². The van der Waals surface area contributed by atoms with Crippen molar-refractivity contribution in [3.63, 3.8) is 0 Å². The number of likely N-dealkylation sites (tertiary alicyclic amines) is 1. The fraction of sp³-hybridized carbons (Fsp3) is 0.360. The first-order chi connectivity index (χ1) is 15.4. The average Bonchev–Trinajstić information content (AvgIpc) is 3.31. The van der Waals surface area contributed by atoms with Gasteiger partial charge in [-0.2, -0.15) is 0 Å². The molecule has 1 spiro atoms. The number of benzene rings is 2. The molecule has 2 aromatic rings. The third-order valence-corrected chi connectivity index (χ3v) is 6.75. The molecule has 0 aliphatic carbocycles. The number of ether oxygens (including phenoxy) is 1. The lowest BCUT2D eigenvalue weighted by Gasteiger charge is -2.37. The number of piperidine rings is 1. The molecule has 5 rings (SSSR count). The maximum Gasteiger partial charge on any atom is 0.257 e. The molecule has 3 aliphatic heterocycles. The molecule has 0 saturated carbocycles. The lowest BCUT2D eigenvalue weighted by atomic mass is 9.89. The first-order valence-electron chi connectivity index (χ1n) is 10.7. The van der Waals surface area contributed by atoms with Crippen LogP contribution in [0.3, 0.4) is 0 Å². The number of halogens is 2. The topological polar surface area (TPSA) is 49.9 Å². The molecule has 32 heavy (non-hydrogen) atoms. The van der Waals surface area contributed by atoms with Gasteiger partial charge in [0.2, 0.25) is 0 Å². The molecule has 0 radical (unpaired) electrons. The van der Waals surface area contributed by atoms with E-state index in [1.807, 2.05) is 0 Å². The SMILES string of the molecule is C#Cc1ccc(C(=O)N2CCC3(CC2)OC2CCC(c4cc(F)cc(F)c4)N2C3=O)cc1. The third kappa shape index (κ3) is 3.35. The fourth-order valence-corrected chi connectivity index (χ4v) is 5.10. The highest BCUT2D eigenvalue weighted by Crippen LogP contribution is 2.47. The Morgan fingerprint density at radius 1 is 1.06 bits per heavy atom. The van der Waals surface area contributed by atoms with Crippen molar-refractivity contribution in [1.82, 2.24) is 9.80 Å². The van der Waals surface area contributed by atoms with Crippen LogP contribution in [-0.4, -0.2) is 46.5 Å². The summed E-state index contributed by atoms with van der Waals surface area (Å²) in [7, 11) is 0. The molecule has 0 bridgehead atoms. The van der Waals surface area contributed by atoms with Crippen LogP contribution in [0.5, 0.6) is 0 Å². The predicted octanol–water partition coefficient (Wildman–Crippen LogP) is 3.64. The summed E-state index contributed by atoms with van der Waals surface area (Å²) in [6.07, 6.45) is 6.94. The number of carbonyl (C=O) groups is 2. The average molecular weight is 436 g/mol. The Bertz CT molecular complexity index is 1100. The molecule has 2 atom stereocenters. The van der Waals surface area contributed by atoms with Gasteiger partial charge >= 0.3 is 0 Å². The maximum absolute atomic E-state index is 13.7. The van der Waals surface area contributed by atoms with Crippen LogP contribution < -0.4 is 0 Å². The van der Waals surface area contributed by atoms with Crippen LogP contribution in [0.15, 0.2) is 42.5 Å². The maximum atomic E-state index is 13.7. The molecule has 7 heteroatoms. The zero-order chi connectivity index (χ0) is 22.5. The molecule has 2 unspecified atom stereocenters. The fourth-order valence-electron chi connectivity index (χ4n) is 5.10. The van der Waals surface area contributed by atoms with E-state index in [9.17, 15) is 18.4 Å². The van der Waals surface area contributed by atoms with Crippen LogP contribution >= 0.6 is 0 Å². The van der Waals surface area contributed by atoms with Gasteiger partial charge < -0.3 is 14.5 Å². The summed E-state index contributed by atoms with van der Waals surface area (Å²) in [5.41, 5.74) is 0.714. The zero-order valence-electron chi connectivity index (χ0n) is 17.4. The van der Waals surface area contributed by atoms with Crippen molar-refractivity contribution in [1.29, 1.82) is 0 Å². The van der Waals surface area contributed by atoms with Crippen LogP contribution in [0, 0.1) is 24.0 Å². The first-order valence-corrected chi connectivity index (χ1v) is 10.7. The molecule has 0 N–H and O–H groups in total. The number of amides is 2. The van der Waals surface area contributed by atoms with E-state index in [0.29, 0.717) is 55.5 Å². The van der Waals surface area contributed by atoms with Crippen molar-refractivity contribution >= 4 is 11.8 Å². The van der Waals surface area contributed by atoms with Crippen molar-refractivity contribution in [2.24, 2.45) is 0 Å². The van der Waals surface area contributed by atoms with Gasteiger partial charge in [0.05, 0.1) is 6.04 Å². The summed E-state index contributed by atoms with van der Waals surface area (Å²) >= 11 is 0. The molecule has 5 nitrogen and oxygen atoms in total. The molecule has 3 fully saturated rings. The van der Waals surface area contributed by atoms with Crippen molar-refractivity contribution in [2.45, 2.75) is 43.6 Å². The lowest BCUT2D eigenvalue weighted by molar-refractivity contribution is -0.142. The van der Waals surface area contributed by atoms with E-state index in [2.05, 4.69) is 5.92 Å². The molecule has 3 aliphatic rings. The van der Waals surface area contributed by atoms with Crippen LogP contribution in [-0.2, 0) is 9.53 Å². The van der Waals surface area contributed by atoms with E-state index in [1.54, 1.807) is 34.1 Å². The van der Waals surface area contributed by atoms with Crippen molar-refractivity contribution in [2.75, 3.05) is 13.1 Å². The second kappa shape index (κ2) is 7.72. The highest BCUT2D eigenvalue weighted by Gasteiger charge is 2.58. The van der Waals surface area contributed by atoms with E-state index < -0.39 is 29.5 Å². The van der Waals surface area contributed by atoms with Gasteiger partial charge in [0.25, 0.3) is 11.8 Å². The summed E-state index contributed by atoms with van der Waals surface area (Å²) < 4.78 is 33.7. The van der Waals surface area contributed by atoms with Crippen molar-refractivity contribution < 1.29 is 23.1 Å². The van der Waals surface area contributed by atoms with Gasteiger partial charge in [0.15, 0.2) is 5.60 Å². The summed E-state index contributed by atoms with van der Waals surface area (Å²) in [6, 6.07) is 9.84. The molecule has 3 saturated heterocycles. The van der Waals surface area contributed by atoms with Gasteiger partial charge in [-0.1, -0.05) is 5.92 Å². The molecular formula is C25H22F2N2O3.